The van der Waals surface area contributed by atoms with Crippen LogP contribution in [0, 0.1) is 13.8 Å². The number of methoxy groups -OCH3 is 1. The molecule has 0 fully saturated rings. The fraction of sp³-hybridized carbons (Fsp3) is 0.154. The number of ether oxygens (including phenoxy) is 1. The fourth-order valence-electron chi connectivity index (χ4n) is 3.97. The lowest BCUT2D eigenvalue weighted by molar-refractivity contribution is 0.0600. The molecular weight excluding hydrogens is 448 g/mol. The van der Waals surface area contributed by atoms with Crippen LogP contribution in [-0.2, 0) is 10.5 Å². The number of esters is 1. The normalized spacial score (nSPS) is 11.3. The van der Waals surface area contributed by atoms with Gasteiger partial charge in [-0.2, -0.15) is 0 Å². The number of para-hydroxylation sites is 1. The Hall–Kier alpha value is -3.91. The highest BCUT2D eigenvalue weighted by Gasteiger charge is 2.19. The highest BCUT2D eigenvalue weighted by molar-refractivity contribution is 7.98. The number of carbonyl (C=O) groups excluding carboxylic acids is 1. The molecule has 7 nitrogen and oxygen atoms in total. The third-order valence-electron chi connectivity index (χ3n) is 5.95. The van der Waals surface area contributed by atoms with Crippen LogP contribution < -0.4 is 5.56 Å². The third kappa shape index (κ3) is 3.66. The molecule has 0 saturated heterocycles. The number of carbonyl (C=O) groups is 1. The molecule has 0 N–H and O–H groups in total. The van der Waals surface area contributed by atoms with Crippen molar-refractivity contribution in [1.29, 1.82) is 0 Å². The number of fused-ring (bicyclic) bond motifs is 3. The molecule has 0 aliphatic rings. The number of benzene rings is 3. The molecule has 0 aliphatic carbocycles. The van der Waals surface area contributed by atoms with Crippen LogP contribution >= 0.6 is 11.8 Å². The maximum atomic E-state index is 13.5. The summed E-state index contributed by atoms with van der Waals surface area (Å²) < 4.78 is 8.35. The molecule has 5 rings (SSSR count). The Morgan fingerprint density at radius 3 is 2.50 bits per heavy atom. The molecule has 3 aromatic carbocycles. The number of rotatable bonds is 5. The molecule has 0 unspecified atom stereocenters. The maximum Gasteiger partial charge on any atom is 0.337 e. The fourth-order valence-corrected chi connectivity index (χ4v) is 4.87. The van der Waals surface area contributed by atoms with Gasteiger partial charge < -0.3 is 4.74 Å². The zero-order valence-electron chi connectivity index (χ0n) is 19.0. The lowest BCUT2D eigenvalue weighted by Gasteiger charge is -2.14. The Labute approximate surface area is 200 Å². The third-order valence-corrected chi connectivity index (χ3v) is 6.95. The summed E-state index contributed by atoms with van der Waals surface area (Å²) >= 11 is 1.52. The first-order valence-electron chi connectivity index (χ1n) is 10.7. The summed E-state index contributed by atoms with van der Waals surface area (Å²) in [6.45, 7) is 4.03. The highest BCUT2D eigenvalue weighted by atomic mass is 32.2. The second-order valence-corrected chi connectivity index (χ2v) is 8.91. The van der Waals surface area contributed by atoms with E-state index in [1.807, 2.05) is 72.8 Å². The van der Waals surface area contributed by atoms with Gasteiger partial charge in [-0.1, -0.05) is 48.2 Å². The summed E-state index contributed by atoms with van der Waals surface area (Å²) in [6, 6.07) is 20.7. The van der Waals surface area contributed by atoms with Crippen LogP contribution in [0.25, 0.3) is 22.4 Å². The number of aryl methyl sites for hydroxylation is 1. The van der Waals surface area contributed by atoms with Crippen molar-refractivity contribution in [3.05, 3.63) is 99.3 Å². The van der Waals surface area contributed by atoms with Crippen LogP contribution in [0.3, 0.4) is 0 Å². The van der Waals surface area contributed by atoms with Crippen LogP contribution in [0.2, 0.25) is 0 Å². The van der Waals surface area contributed by atoms with Gasteiger partial charge in [-0.15, -0.1) is 10.2 Å². The Morgan fingerprint density at radius 2 is 1.74 bits per heavy atom. The zero-order chi connectivity index (χ0) is 23.8. The van der Waals surface area contributed by atoms with Crippen molar-refractivity contribution in [3.8, 4) is 5.69 Å². The molecule has 0 amide bonds. The van der Waals surface area contributed by atoms with Gasteiger partial charge in [-0.25, -0.2) is 9.36 Å². The molecular formula is C26H22N4O3S. The first-order chi connectivity index (χ1) is 16.5. The number of hydrogen-bond acceptors (Lipinski definition) is 6. The van der Waals surface area contributed by atoms with Crippen molar-refractivity contribution in [2.24, 2.45) is 0 Å². The topological polar surface area (TPSA) is 78.5 Å². The van der Waals surface area contributed by atoms with Crippen molar-refractivity contribution in [1.82, 2.24) is 19.2 Å². The molecule has 0 spiro atoms. The molecule has 0 radical (unpaired) electrons. The molecule has 0 bridgehead atoms. The molecule has 170 valence electrons. The van der Waals surface area contributed by atoms with Crippen LogP contribution in [-0.4, -0.2) is 32.2 Å². The van der Waals surface area contributed by atoms with E-state index in [1.165, 1.54) is 18.9 Å². The van der Waals surface area contributed by atoms with E-state index in [4.69, 9.17) is 4.74 Å². The minimum atomic E-state index is -0.362. The predicted molar refractivity (Wildman–Crippen MR) is 133 cm³/mol. The Morgan fingerprint density at radius 1 is 0.971 bits per heavy atom. The SMILES string of the molecule is COC(=O)c1ccc(CSc2nnc3n(-c4cccc(C)c4C)c(=O)c4ccccc4n23)cc1. The smallest absolute Gasteiger partial charge is 0.337 e. The Kier molecular flexibility index (Phi) is 5.67. The second-order valence-electron chi connectivity index (χ2n) is 7.97. The molecule has 0 atom stereocenters. The van der Waals surface area contributed by atoms with E-state index in [2.05, 4.69) is 10.2 Å². The van der Waals surface area contributed by atoms with Gasteiger partial charge in [0.1, 0.15) is 0 Å². The average molecular weight is 471 g/mol. The summed E-state index contributed by atoms with van der Waals surface area (Å²) in [5.74, 6) is 0.735. The minimum absolute atomic E-state index is 0.126. The standard InChI is InChI=1S/C26H22N4O3S/c1-16-7-6-10-21(17(16)2)29-23(31)20-8-4-5-9-22(20)30-25(29)27-28-26(30)34-15-18-11-13-19(14-12-18)24(32)33-3/h4-14H,15H2,1-3H3. The number of aromatic nitrogens is 4. The van der Waals surface area contributed by atoms with Gasteiger partial charge >= 0.3 is 5.97 Å². The molecule has 8 heteroatoms. The number of nitrogens with zero attached hydrogens (tertiary/aromatic N) is 4. The summed E-state index contributed by atoms with van der Waals surface area (Å²) in [4.78, 5) is 25.2. The average Bonchev–Trinajstić information content (AvgIpc) is 3.29. The molecule has 2 aromatic heterocycles. The molecule has 2 heterocycles. The monoisotopic (exact) mass is 470 g/mol. The van der Waals surface area contributed by atoms with Crippen molar-refractivity contribution >= 4 is 34.4 Å². The first-order valence-corrected chi connectivity index (χ1v) is 11.7. The van der Waals surface area contributed by atoms with Gasteiger partial charge in [0.25, 0.3) is 5.56 Å². The van der Waals surface area contributed by atoms with E-state index in [0.717, 1.165) is 27.9 Å². The quantitative estimate of drug-likeness (QED) is 0.273. The van der Waals surface area contributed by atoms with Gasteiger partial charge in [0.2, 0.25) is 5.78 Å². The summed E-state index contributed by atoms with van der Waals surface area (Å²) in [6.07, 6.45) is 0. The second kappa shape index (κ2) is 8.79. The van der Waals surface area contributed by atoms with E-state index in [1.54, 1.807) is 16.7 Å². The van der Waals surface area contributed by atoms with Crippen molar-refractivity contribution in [2.75, 3.05) is 7.11 Å². The van der Waals surface area contributed by atoms with Crippen molar-refractivity contribution < 1.29 is 9.53 Å². The summed E-state index contributed by atoms with van der Waals surface area (Å²) in [5, 5.41) is 10.2. The van der Waals surface area contributed by atoms with Crippen LogP contribution in [0.4, 0.5) is 0 Å². The number of thioether (sulfide) groups is 1. The van der Waals surface area contributed by atoms with E-state index >= 15 is 0 Å². The lowest BCUT2D eigenvalue weighted by atomic mass is 10.1. The van der Waals surface area contributed by atoms with Crippen molar-refractivity contribution in [2.45, 2.75) is 24.8 Å². The van der Waals surface area contributed by atoms with Crippen LogP contribution in [0.15, 0.2) is 76.7 Å². The van der Waals surface area contributed by atoms with E-state index in [9.17, 15) is 9.59 Å². The van der Waals surface area contributed by atoms with Gasteiger partial charge in [0.05, 0.1) is 29.3 Å². The summed E-state index contributed by atoms with van der Waals surface area (Å²) in [5.41, 5.74) is 5.08. The van der Waals surface area contributed by atoms with Crippen LogP contribution in [0.1, 0.15) is 27.0 Å². The molecule has 5 aromatic rings. The Balaban J connectivity index is 1.62. The van der Waals surface area contributed by atoms with Gasteiger partial charge in [-0.3, -0.25) is 9.20 Å². The molecule has 0 aliphatic heterocycles. The van der Waals surface area contributed by atoms with Crippen LogP contribution in [0.5, 0.6) is 0 Å². The lowest BCUT2D eigenvalue weighted by Crippen LogP contribution is -2.22. The molecule has 34 heavy (non-hydrogen) atoms. The van der Waals surface area contributed by atoms with Gasteiger partial charge in [0.15, 0.2) is 5.16 Å². The van der Waals surface area contributed by atoms with Crippen molar-refractivity contribution in [3.63, 3.8) is 0 Å². The first kappa shape index (κ1) is 21.9. The van der Waals surface area contributed by atoms with E-state index < -0.39 is 0 Å². The zero-order valence-corrected chi connectivity index (χ0v) is 19.8. The van der Waals surface area contributed by atoms with Gasteiger partial charge in [0, 0.05) is 5.75 Å². The predicted octanol–water partition coefficient (Wildman–Crippen LogP) is 4.73. The maximum absolute atomic E-state index is 13.5. The van der Waals surface area contributed by atoms with E-state index in [0.29, 0.717) is 27.6 Å². The Bertz CT molecular complexity index is 1600. The summed E-state index contributed by atoms with van der Waals surface area (Å²) in [7, 11) is 1.37. The highest BCUT2D eigenvalue weighted by Crippen LogP contribution is 2.27. The van der Waals surface area contributed by atoms with E-state index in [-0.39, 0.29) is 11.5 Å². The number of hydrogen-bond donors (Lipinski definition) is 0. The largest absolute Gasteiger partial charge is 0.465 e. The minimum Gasteiger partial charge on any atom is -0.465 e. The van der Waals surface area contributed by atoms with Gasteiger partial charge in [-0.05, 0) is 60.9 Å². The molecule has 0 saturated carbocycles.